The third kappa shape index (κ3) is 2.02. The highest BCUT2D eigenvalue weighted by atomic mass is 16.1. The van der Waals surface area contributed by atoms with Crippen LogP contribution in [-0.2, 0) is 0 Å². The van der Waals surface area contributed by atoms with Crippen LogP contribution in [0.2, 0.25) is 0 Å². The van der Waals surface area contributed by atoms with E-state index in [2.05, 4.69) is 12.1 Å². The average Bonchev–Trinajstić information content (AvgIpc) is 2.57. The summed E-state index contributed by atoms with van der Waals surface area (Å²) in [5, 5.41) is 0. The molecule has 0 aliphatic heterocycles. The molecule has 110 valence electrons. The molecule has 2 heteroatoms. The Morgan fingerprint density at radius 3 is 1.50 bits per heavy atom. The van der Waals surface area contributed by atoms with Crippen molar-refractivity contribution in [2.75, 3.05) is 0 Å². The summed E-state index contributed by atoms with van der Waals surface area (Å²) >= 11 is 0. The predicted molar refractivity (Wildman–Crippen MR) is 85.5 cm³/mol. The normalized spacial score (nSPS) is 23.8. The SMILES string of the molecule is O=C1CC[C@@H]([C@@H]2CCC(=O)c3ccccc32)c2ccccc21. The van der Waals surface area contributed by atoms with Gasteiger partial charge in [-0.05, 0) is 35.8 Å². The molecule has 2 nitrogen and oxygen atoms in total. The highest BCUT2D eigenvalue weighted by Crippen LogP contribution is 2.46. The van der Waals surface area contributed by atoms with Gasteiger partial charge < -0.3 is 0 Å². The number of fused-ring (bicyclic) bond motifs is 2. The van der Waals surface area contributed by atoms with E-state index in [0.29, 0.717) is 24.7 Å². The lowest BCUT2D eigenvalue weighted by Gasteiger charge is -2.35. The quantitative estimate of drug-likeness (QED) is 0.774. The van der Waals surface area contributed by atoms with Gasteiger partial charge in [-0.1, -0.05) is 48.5 Å². The highest BCUT2D eigenvalue weighted by Gasteiger charge is 2.35. The summed E-state index contributed by atoms with van der Waals surface area (Å²) in [6.07, 6.45) is 3.02. The van der Waals surface area contributed by atoms with Crippen molar-refractivity contribution in [1.29, 1.82) is 0 Å². The molecule has 0 bridgehead atoms. The molecule has 0 aromatic heterocycles. The molecule has 0 fully saturated rings. The molecule has 2 aromatic carbocycles. The van der Waals surface area contributed by atoms with Crippen molar-refractivity contribution in [1.82, 2.24) is 0 Å². The summed E-state index contributed by atoms with van der Waals surface area (Å²) in [6.45, 7) is 0. The maximum atomic E-state index is 12.2. The van der Waals surface area contributed by atoms with Gasteiger partial charge in [0.15, 0.2) is 11.6 Å². The Morgan fingerprint density at radius 2 is 1.05 bits per heavy atom. The molecule has 0 saturated carbocycles. The minimum absolute atomic E-state index is 0.257. The molecule has 0 amide bonds. The number of Topliss-reactive ketones (excluding diaryl/α,β-unsaturated/α-hetero) is 2. The van der Waals surface area contributed by atoms with Crippen LogP contribution in [0.5, 0.6) is 0 Å². The Labute approximate surface area is 130 Å². The van der Waals surface area contributed by atoms with Gasteiger partial charge in [-0.15, -0.1) is 0 Å². The van der Waals surface area contributed by atoms with Gasteiger partial charge in [0.2, 0.25) is 0 Å². The van der Waals surface area contributed by atoms with Gasteiger partial charge in [0, 0.05) is 24.0 Å². The molecule has 2 aliphatic rings. The van der Waals surface area contributed by atoms with E-state index in [1.807, 2.05) is 36.4 Å². The van der Waals surface area contributed by atoms with Gasteiger partial charge in [0.25, 0.3) is 0 Å². The van der Waals surface area contributed by atoms with Crippen LogP contribution < -0.4 is 0 Å². The van der Waals surface area contributed by atoms with E-state index in [-0.39, 0.29) is 11.6 Å². The minimum Gasteiger partial charge on any atom is -0.294 e. The van der Waals surface area contributed by atoms with E-state index in [4.69, 9.17) is 0 Å². The van der Waals surface area contributed by atoms with Gasteiger partial charge in [0.1, 0.15) is 0 Å². The standard InChI is InChI=1S/C20H18O2/c21-19-11-9-15(13-5-1-3-7-17(13)19)16-10-12-20(22)18-8-4-2-6-14(16)18/h1-8,15-16H,9-12H2/t15-,16-/m1/s1. The van der Waals surface area contributed by atoms with Crippen molar-refractivity contribution in [3.05, 3.63) is 70.8 Å². The smallest absolute Gasteiger partial charge is 0.163 e. The Bertz CT molecular complexity index is 694. The van der Waals surface area contributed by atoms with Gasteiger partial charge in [-0.2, -0.15) is 0 Å². The van der Waals surface area contributed by atoms with E-state index in [1.54, 1.807) is 0 Å². The van der Waals surface area contributed by atoms with Crippen LogP contribution in [-0.4, -0.2) is 11.6 Å². The van der Waals surface area contributed by atoms with Crippen molar-refractivity contribution in [3.8, 4) is 0 Å². The second-order valence-corrected chi connectivity index (χ2v) is 6.31. The summed E-state index contributed by atoms with van der Waals surface area (Å²) in [5.41, 5.74) is 4.11. The van der Waals surface area contributed by atoms with Crippen molar-refractivity contribution in [3.63, 3.8) is 0 Å². The van der Waals surface area contributed by atoms with Crippen molar-refractivity contribution in [2.24, 2.45) is 0 Å². The zero-order valence-corrected chi connectivity index (χ0v) is 12.4. The van der Waals surface area contributed by atoms with Gasteiger partial charge in [0.05, 0.1) is 0 Å². The molecule has 2 aliphatic carbocycles. The lowest BCUT2D eigenvalue weighted by molar-refractivity contribution is 0.0941. The molecular weight excluding hydrogens is 272 g/mol. The Balaban J connectivity index is 1.81. The first-order chi connectivity index (χ1) is 10.8. The van der Waals surface area contributed by atoms with Crippen LogP contribution in [0, 0.1) is 0 Å². The number of benzene rings is 2. The van der Waals surface area contributed by atoms with E-state index in [0.717, 1.165) is 24.0 Å². The molecule has 0 heterocycles. The fourth-order valence-corrected chi connectivity index (χ4v) is 4.14. The Morgan fingerprint density at radius 1 is 0.636 bits per heavy atom. The van der Waals surface area contributed by atoms with Crippen LogP contribution in [0.15, 0.2) is 48.5 Å². The average molecular weight is 290 g/mol. The molecule has 4 rings (SSSR count). The Hall–Kier alpha value is -2.22. The summed E-state index contributed by atoms with van der Waals surface area (Å²) in [4.78, 5) is 24.3. The number of hydrogen-bond acceptors (Lipinski definition) is 2. The first-order valence-electron chi connectivity index (χ1n) is 8.00. The molecular formula is C20H18O2. The first-order valence-corrected chi connectivity index (χ1v) is 8.00. The molecule has 2 aromatic rings. The highest BCUT2D eigenvalue weighted by molar-refractivity contribution is 6.00. The zero-order chi connectivity index (χ0) is 15.1. The van der Waals surface area contributed by atoms with Crippen LogP contribution in [0.25, 0.3) is 0 Å². The van der Waals surface area contributed by atoms with Crippen molar-refractivity contribution >= 4 is 11.6 Å². The second-order valence-electron chi connectivity index (χ2n) is 6.31. The fourth-order valence-electron chi connectivity index (χ4n) is 4.14. The number of rotatable bonds is 1. The fraction of sp³-hybridized carbons (Fsp3) is 0.300. The third-order valence-electron chi connectivity index (χ3n) is 5.17. The second kappa shape index (κ2) is 5.20. The number of hydrogen-bond donors (Lipinski definition) is 0. The number of carbonyl (C=O) groups is 2. The maximum absolute atomic E-state index is 12.2. The predicted octanol–water partition coefficient (Wildman–Crippen LogP) is 4.51. The molecule has 22 heavy (non-hydrogen) atoms. The molecule has 0 N–H and O–H groups in total. The van der Waals surface area contributed by atoms with Crippen LogP contribution in [0.3, 0.4) is 0 Å². The zero-order valence-electron chi connectivity index (χ0n) is 12.4. The monoisotopic (exact) mass is 290 g/mol. The lowest BCUT2D eigenvalue weighted by atomic mass is 9.68. The van der Waals surface area contributed by atoms with Crippen molar-refractivity contribution in [2.45, 2.75) is 37.5 Å². The number of ketones is 2. The lowest BCUT2D eigenvalue weighted by Crippen LogP contribution is -2.25. The van der Waals surface area contributed by atoms with Crippen molar-refractivity contribution < 1.29 is 9.59 Å². The minimum atomic E-state index is 0.257. The van der Waals surface area contributed by atoms with Gasteiger partial charge in [-0.3, -0.25) is 9.59 Å². The summed E-state index contributed by atoms with van der Waals surface area (Å²) in [6, 6.07) is 16.0. The van der Waals surface area contributed by atoms with Gasteiger partial charge >= 0.3 is 0 Å². The van der Waals surface area contributed by atoms with Crippen LogP contribution in [0.4, 0.5) is 0 Å². The molecule has 0 radical (unpaired) electrons. The summed E-state index contributed by atoms with van der Waals surface area (Å²) < 4.78 is 0. The first kappa shape index (κ1) is 13.4. The molecule has 2 atom stereocenters. The van der Waals surface area contributed by atoms with Crippen LogP contribution in [0.1, 0.15) is 69.4 Å². The summed E-state index contributed by atoms with van der Waals surface area (Å²) in [7, 11) is 0. The Kier molecular flexibility index (Phi) is 3.18. The van der Waals surface area contributed by atoms with E-state index in [1.165, 1.54) is 11.1 Å². The number of carbonyl (C=O) groups excluding carboxylic acids is 2. The maximum Gasteiger partial charge on any atom is 0.163 e. The van der Waals surface area contributed by atoms with Gasteiger partial charge in [-0.25, -0.2) is 0 Å². The largest absolute Gasteiger partial charge is 0.294 e. The van der Waals surface area contributed by atoms with E-state index < -0.39 is 0 Å². The molecule has 0 saturated heterocycles. The van der Waals surface area contributed by atoms with E-state index >= 15 is 0 Å². The van der Waals surface area contributed by atoms with Crippen LogP contribution >= 0.6 is 0 Å². The van der Waals surface area contributed by atoms with E-state index in [9.17, 15) is 9.59 Å². The topological polar surface area (TPSA) is 34.1 Å². The molecule has 0 spiro atoms. The third-order valence-corrected chi connectivity index (χ3v) is 5.17. The summed E-state index contributed by atoms with van der Waals surface area (Å²) in [5.74, 6) is 1.21. The molecule has 0 unspecified atom stereocenters.